The summed E-state index contributed by atoms with van der Waals surface area (Å²) in [6, 6.07) is 6.10. The molecule has 70 valence electrons. The van der Waals surface area contributed by atoms with Gasteiger partial charge in [0, 0.05) is 0 Å². The van der Waals surface area contributed by atoms with Crippen LogP contribution in [0.5, 0.6) is 5.75 Å². The van der Waals surface area contributed by atoms with E-state index in [-0.39, 0.29) is 5.75 Å². The van der Waals surface area contributed by atoms with Crippen LogP contribution in [-0.4, -0.2) is 12.8 Å². The highest BCUT2D eigenvalue weighted by Gasteiger charge is 2.03. The van der Waals surface area contributed by atoms with E-state index >= 15 is 0 Å². The molecule has 2 N–H and O–H groups in total. The van der Waals surface area contributed by atoms with Crippen LogP contribution in [0.25, 0.3) is 0 Å². The second kappa shape index (κ2) is 4.39. The average Bonchev–Trinajstić information content (AvgIpc) is 2.04. The number of nitrogens with two attached hydrogens (primary N) is 1. The third kappa shape index (κ3) is 3.06. The van der Waals surface area contributed by atoms with Gasteiger partial charge in [0.15, 0.2) is 0 Å². The molecule has 0 bridgehead atoms. The Kier molecular flexibility index (Phi) is 3.19. The fraction of sp³-hybridized carbons (Fsp3) is 0.125. The van der Waals surface area contributed by atoms with Crippen molar-refractivity contribution >= 4 is 6.21 Å². The Balaban J connectivity index is 2.79. The molecule has 0 spiro atoms. The third-order valence-electron chi connectivity index (χ3n) is 1.31. The van der Waals surface area contributed by atoms with Crippen molar-refractivity contribution in [2.45, 2.75) is 6.61 Å². The number of halogens is 2. The lowest BCUT2D eigenvalue weighted by Gasteiger charge is -2.03. The Labute approximate surface area is 73.8 Å². The van der Waals surface area contributed by atoms with Crippen LogP contribution in [0.1, 0.15) is 5.56 Å². The lowest BCUT2D eigenvalue weighted by atomic mass is 10.2. The highest BCUT2D eigenvalue weighted by Crippen LogP contribution is 2.14. The average molecular weight is 186 g/mol. The molecule has 1 aromatic rings. The second-order valence-corrected chi connectivity index (χ2v) is 2.23. The number of rotatable bonds is 3. The summed E-state index contributed by atoms with van der Waals surface area (Å²) in [5.74, 6) is 4.98. The second-order valence-electron chi connectivity index (χ2n) is 2.23. The Morgan fingerprint density at radius 2 is 2.23 bits per heavy atom. The van der Waals surface area contributed by atoms with Gasteiger partial charge in [-0.1, -0.05) is 12.1 Å². The van der Waals surface area contributed by atoms with Crippen molar-refractivity contribution < 1.29 is 13.5 Å². The summed E-state index contributed by atoms with van der Waals surface area (Å²) in [5.41, 5.74) is 0.612. The van der Waals surface area contributed by atoms with E-state index < -0.39 is 6.61 Å². The molecule has 0 radical (unpaired) electrons. The zero-order chi connectivity index (χ0) is 9.68. The lowest BCUT2D eigenvalue weighted by Crippen LogP contribution is -2.02. The van der Waals surface area contributed by atoms with Crippen LogP contribution in [0.4, 0.5) is 8.78 Å². The molecule has 5 heteroatoms. The molecule has 1 rings (SSSR count). The molecular formula is C8H8F2N2O. The summed E-state index contributed by atoms with van der Waals surface area (Å²) in [6.45, 7) is -2.81. The van der Waals surface area contributed by atoms with Crippen LogP contribution in [0, 0.1) is 0 Å². The SMILES string of the molecule is NN=Cc1cccc(OC(F)F)c1. The predicted molar refractivity (Wildman–Crippen MR) is 44.9 cm³/mol. The smallest absolute Gasteiger partial charge is 0.387 e. The van der Waals surface area contributed by atoms with Gasteiger partial charge in [0.05, 0.1) is 6.21 Å². The maximum atomic E-state index is 11.8. The monoisotopic (exact) mass is 186 g/mol. The van der Waals surface area contributed by atoms with Gasteiger partial charge in [0.2, 0.25) is 0 Å². The molecule has 0 atom stereocenters. The first-order chi connectivity index (χ1) is 6.22. The van der Waals surface area contributed by atoms with Gasteiger partial charge in [0.1, 0.15) is 5.75 Å². The van der Waals surface area contributed by atoms with Crippen LogP contribution in [0.15, 0.2) is 29.4 Å². The minimum absolute atomic E-state index is 0.0902. The van der Waals surface area contributed by atoms with Gasteiger partial charge in [0.25, 0.3) is 0 Å². The first-order valence-electron chi connectivity index (χ1n) is 3.50. The normalized spacial score (nSPS) is 11.0. The molecule has 13 heavy (non-hydrogen) atoms. The standard InChI is InChI=1S/C8H8F2N2O/c9-8(10)13-7-3-1-2-6(4-7)5-12-11/h1-5,8H,11H2. The largest absolute Gasteiger partial charge is 0.435 e. The van der Waals surface area contributed by atoms with E-state index in [4.69, 9.17) is 5.84 Å². The summed E-state index contributed by atoms with van der Waals surface area (Å²) in [6.07, 6.45) is 1.35. The molecular weight excluding hydrogens is 178 g/mol. The zero-order valence-electron chi connectivity index (χ0n) is 6.65. The van der Waals surface area contributed by atoms with Gasteiger partial charge in [-0.25, -0.2) is 0 Å². The van der Waals surface area contributed by atoms with E-state index in [1.165, 1.54) is 18.3 Å². The van der Waals surface area contributed by atoms with Crippen molar-refractivity contribution in [3.63, 3.8) is 0 Å². The molecule has 0 aliphatic rings. The summed E-state index contributed by atoms with van der Waals surface area (Å²) >= 11 is 0. The molecule has 0 saturated carbocycles. The van der Waals surface area contributed by atoms with Crippen LogP contribution < -0.4 is 10.6 Å². The number of benzene rings is 1. The van der Waals surface area contributed by atoms with Gasteiger partial charge >= 0.3 is 6.61 Å². The highest BCUT2D eigenvalue weighted by atomic mass is 19.3. The number of alkyl halides is 2. The first-order valence-corrected chi connectivity index (χ1v) is 3.50. The van der Waals surface area contributed by atoms with Crippen LogP contribution in [-0.2, 0) is 0 Å². The van der Waals surface area contributed by atoms with Crippen molar-refractivity contribution in [1.82, 2.24) is 0 Å². The first kappa shape index (κ1) is 9.44. The van der Waals surface area contributed by atoms with Gasteiger partial charge < -0.3 is 10.6 Å². The highest BCUT2D eigenvalue weighted by molar-refractivity contribution is 5.79. The molecule has 0 fully saturated rings. The van der Waals surface area contributed by atoms with Crippen molar-refractivity contribution in [2.24, 2.45) is 10.9 Å². The fourth-order valence-corrected chi connectivity index (χ4v) is 0.857. The third-order valence-corrected chi connectivity index (χ3v) is 1.31. The summed E-state index contributed by atoms with van der Waals surface area (Å²) in [4.78, 5) is 0. The topological polar surface area (TPSA) is 47.6 Å². The summed E-state index contributed by atoms with van der Waals surface area (Å²) in [7, 11) is 0. The number of nitrogens with zero attached hydrogens (tertiary/aromatic N) is 1. The Hall–Kier alpha value is -1.65. The van der Waals surface area contributed by atoms with Crippen molar-refractivity contribution in [2.75, 3.05) is 0 Å². The van der Waals surface area contributed by atoms with E-state index in [0.29, 0.717) is 5.56 Å². The zero-order valence-corrected chi connectivity index (χ0v) is 6.65. The Bertz CT molecular complexity index is 302. The lowest BCUT2D eigenvalue weighted by molar-refractivity contribution is -0.0498. The predicted octanol–water partition coefficient (Wildman–Crippen LogP) is 1.58. The minimum atomic E-state index is -2.81. The minimum Gasteiger partial charge on any atom is -0.435 e. The Morgan fingerprint density at radius 3 is 2.85 bits per heavy atom. The van der Waals surface area contributed by atoms with Crippen molar-refractivity contribution in [3.05, 3.63) is 29.8 Å². The fourth-order valence-electron chi connectivity index (χ4n) is 0.857. The van der Waals surface area contributed by atoms with Crippen LogP contribution in [0.2, 0.25) is 0 Å². The van der Waals surface area contributed by atoms with Gasteiger partial charge in [-0.15, -0.1) is 0 Å². The quantitative estimate of drug-likeness (QED) is 0.442. The summed E-state index contributed by atoms with van der Waals surface area (Å²) in [5, 5.41) is 3.26. The molecule has 0 unspecified atom stereocenters. The van der Waals surface area contributed by atoms with Crippen molar-refractivity contribution in [1.29, 1.82) is 0 Å². The van der Waals surface area contributed by atoms with Crippen LogP contribution in [0.3, 0.4) is 0 Å². The Morgan fingerprint density at radius 1 is 1.46 bits per heavy atom. The molecule has 0 aliphatic heterocycles. The summed E-state index contributed by atoms with van der Waals surface area (Å²) < 4.78 is 27.7. The van der Waals surface area contributed by atoms with Crippen LogP contribution >= 0.6 is 0 Å². The van der Waals surface area contributed by atoms with E-state index in [1.807, 2.05) is 0 Å². The maximum absolute atomic E-state index is 11.8. The molecule has 0 saturated heterocycles. The number of ether oxygens (including phenoxy) is 1. The van der Waals surface area contributed by atoms with Gasteiger partial charge in [-0.3, -0.25) is 0 Å². The molecule has 0 heterocycles. The number of hydrazone groups is 1. The molecule has 0 aromatic heterocycles. The van der Waals surface area contributed by atoms with E-state index in [0.717, 1.165) is 0 Å². The molecule has 0 amide bonds. The molecule has 1 aromatic carbocycles. The van der Waals surface area contributed by atoms with Gasteiger partial charge in [-0.05, 0) is 17.7 Å². The van der Waals surface area contributed by atoms with E-state index in [1.54, 1.807) is 12.1 Å². The van der Waals surface area contributed by atoms with E-state index in [9.17, 15) is 8.78 Å². The molecule has 3 nitrogen and oxygen atoms in total. The van der Waals surface area contributed by atoms with E-state index in [2.05, 4.69) is 9.84 Å². The molecule has 0 aliphatic carbocycles. The van der Waals surface area contributed by atoms with Crippen molar-refractivity contribution in [3.8, 4) is 5.75 Å². The van der Waals surface area contributed by atoms with Gasteiger partial charge in [-0.2, -0.15) is 13.9 Å². The number of hydrogen-bond acceptors (Lipinski definition) is 3. The number of hydrogen-bond donors (Lipinski definition) is 1. The maximum Gasteiger partial charge on any atom is 0.387 e.